The van der Waals surface area contributed by atoms with Crippen molar-refractivity contribution in [3.63, 3.8) is 0 Å². The van der Waals surface area contributed by atoms with Gasteiger partial charge in [0.25, 0.3) is 11.8 Å². The SMILES string of the molecule is CCOC(=O)c1ccc(N2C(=O)NC(=O)/C(=C\c3ccc(OCc4ccccc4F)cc3)C2=O)cc1. The third kappa shape index (κ3) is 5.30. The number of esters is 1. The van der Waals surface area contributed by atoms with Gasteiger partial charge in [0.15, 0.2) is 0 Å². The lowest BCUT2D eigenvalue weighted by Gasteiger charge is -2.26. The summed E-state index contributed by atoms with van der Waals surface area (Å²) in [5.74, 6) is -2.07. The number of urea groups is 1. The largest absolute Gasteiger partial charge is 0.489 e. The molecule has 1 saturated heterocycles. The highest BCUT2D eigenvalue weighted by Crippen LogP contribution is 2.23. The van der Waals surface area contributed by atoms with Crippen LogP contribution in [0.3, 0.4) is 0 Å². The molecule has 3 aromatic rings. The summed E-state index contributed by atoms with van der Waals surface area (Å²) < 4.78 is 24.3. The van der Waals surface area contributed by atoms with Gasteiger partial charge in [-0.25, -0.2) is 18.9 Å². The molecule has 8 nitrogen and oxygen atoms in total. The molecule has 9 heteroatoms. The van der Waals surface area contributed by atoms with Crippen molar-refractivity contribution >= 4 is 35.6 Å². The predicted octanol–water partition coefficient (Wildman–Crippen LogP) is 4.25. The highest BCUT2D eigenvalue weighted by atomic mass is 19.1. The molecule has 36 heavy (non-hydrogen) atoms. The van der Waals surface area contributed by atoms with Crippen LogP contribution < -0.4 is 15.0 Å². The normalized spacial score (nSPS) is 14.6. The van der Waals surface area contributed by atoms with E-state index >= 15 is 0 Å². The molecule has 0 radical (unpaired) electrons. The van der Waals surface area contributed by atoms with Crippen molar-refractivity contribution in [2.75, 3.05) is 11.5 Å². The molecule has 1 aliphatic heterocycles. The van der Waals surface area contributed by atoms with Gasteiger partial charge in [-0.05, 0) is 61.0 Å². The number of benzene rings is 3. The minimum Gasteiger partial charge on any atom is -0.489 e. The van der Waals surface area contributed by atoms with Gasteiger partial charge in [-0.1, -0.05) is 30.3 Å². The summed E-state index contributed by atoms with van der Waals surface area (Å²) in [6, 6.07) is 17.6. The average molecular weight is 488 g/mol. The van der Waals surface area contributed by atoms with Crippen LogP contribution in [0.4, 0.5) is 14.9 Å². The van der Waals surface area contributed by atoms with E-state index in [1.807, 2.05) is 0 Å². The number of anilines is 1. The Kier molecular flexibility index (Phi) is 7.20. The molecule has 3 aromatic carbocycles. The Morgan fingerprint density at radius 2 is 1.67 bits per heavy atom. The van der Waals surface area contributed by atoms with Gasteiger partial charge in [0.2, 0.25) is 0 Å². The number of carbonyl (C=O) groups excluding carboxylic acids is 4. The second kappa shape index (κ2) is 10.6. The third-order valence-electron chi connectivity index (χ3n) is 5.28. The Morgan fingerprint density at radius 3 is 2.33 bits per heavy atom. The number of nitrogens with zero attached hydrogens (tertiary/aromatic N) is 1. The zero-order chi connectivity index (χ0) is 25.7. The summed E-state index contributed by atoms with van der Waals surface area (Å²) in [6.07, 6.45) is 1.35. The maximum absolute atomic E-state index is 13.8. The van der Waals surface area contributed by atoms with E-state index in [0.717, 1.165) is 4.90 Å². The van der Waals surface area contributed by atoms with E-state index in [2.05, 4.69) is 5.32 Å². The average Bonchev–Trinajstić information content (AvgIpc) is 2.87. The topological polar surface area (TPSA) is 102 Å². The van der Waals surface area contributed by atoms with E-state index < -0.39 is 23.8 Å². The lowest BCUT2D eigenvalue weighted by atomic mass is 10.1. The molecule has 182 valence electrons. The van der Waals surface area contributed by atoms with Gasteiger partial charge in [0, 0.05) is 5.56 Å². The number of rotatable bonds is 7. The molecule has 0 saturated carbocycles. The van der Waals surface area contributed by atoms with Gasteiger partial charge < -0.3 is 9.47 Å². The molecule has 1 heterocycles. The standard InChI is InChI=1S/C27H21FN2O6/c1-2-35-26(33)18-9-11-20(12-10-18)30-25(32)22(24(31)29-27(30)34)15-17-7-13-21(14-8-17)36-16-19-5-3-4-6-23(19)28/h3-15H,2,16H2,1H3,(H,29,31,34)/b22-15+. The van der Waals surface area contributed by atoms with E-state index in [9.17, 15) is 23.6 Å². The van der Waals surface area contributed by atoms with Crippen molar-refractivity contribution in [1.82, 2.24) is 5.32 Å². The summed E-state index contributed by atoms with van der Waals surface area (Å²) in [7, 11) is 0. The zero-order valence-corrected chi connectivity index (χ0v) is 19.2. The van der Waals surface area contributed by atoms with Crippen molar-refractivity contribution in [1.29, 1.82) is 0 Å². The second-order valence-corrected chi connectivity index (χ2v) is 7.67. The number of hydrogen-bond acceptors (Lipinski definition) is 6. The number of hydrogen-bond donors (Lipinski definition) is 1. The first-order chi connectivity index (χ1) is 17.4. The second-order valence-electron chi connectivity index (χ2n) is 7.67. The number of nitrogens with one attached hydrogen (secondary N) is 1. The minimum absolute atomic E-state index is 0.0417. The Balaban J connectivity index is 1.50. The number of carbonyl (C=O) groups is 4. The number of halogens is 1. The molecule has 1 fully saturated rings. The van der Waals surface area contributed by atoms with E-state index in [1.165, 1.54) is 36.4 Å². The fraction of sp³-hybridized carbons (Fsp3) is 0.111. The zero-order valence-electron chi connectivity index (χ0n) is 19.2. The minimum atomic E-state index is -0.900. The van der Waals surface area contributed by atoms with E-state index in [1.54, 1.807) is 49.4 Å². The summed E-state index contributed by atoms with van der Waals surface area (Å²) in [5.41, 5.74) is 1.12. The van der Waals surface area contributed by atoms with Gasteiger partial charge in [-0.3, -0.25) is 14.9 Å². The fourth-order valence-corrected chi connectivity index (χ4v) is 3.46. The Hall–Kier alpha value is -4.79. The molecule has 0 unspecified atom stereocenters. The van der Waals surface area contributed by atoms with Gasteiger partial charge in [-0.15, -0.1) is 0 Å². The molecular weight excluding hydrogens is 467 g/mol. The van der Waals surface area contributed by atoms with Crippen LogP contribution >= 0.6 is 0 Å². The first-order valence-electron chi connectivity index (χ1n) is 11.0. The van der Waals surface area contributed by atoms with Gasteiger partial charge >= 0.3 is 12.0 Å². The smallest absolute Gasteiger partial charge is 0.338 e. The van der Waals surface area contributed by atoms with E-state index in [4.69, 9.17) is 9.47 Å². The van der Waals surface area contributed by atoms with Crippen molar-refractivity contribution in [3.8, 4) is 5.75 Å². The number of imide groups is 2. The van der Waals surface area contributed by atoms with Gasteiger partial charge in [0.1, 0.15) is 23.7 Å². The number of ether oxygens (including phenoxy) is 2. The molecule has 1 aliphatic rings. The van der Waals surface area contributed by atoms with Crippen LogP contribution in [0.1, 0.15) is 28.4 Å². The maximum Gasteiger partial charge on any atom is 0.338 e. The molecule has 0 aliphatic carbocycles. The summed E-state index contributed by atoms with van der Waals surface area (Å²) >= 11 is 0. The first-order valence-corrected chi connectivity index (χ1v) is 11.0. The van der Waals surface area contributed by atoms with Crippen LogP contribution in [0.2, 0.25) is 0 Å². The summed E-state index contributed by atoms with van der Waals surface area (Å²) in [5, 5.41) is 2.15. The molecule has 1 N–H and O–H groups in total. The molecule has 0 atom stereocenters. The molecule has 4 amide bonds. The molecular formula is C27H21FN2O6. The molecule has 0 bridgehead atoms. The van der Waals surface area contributed by atoms with Gasteiger partial charge in [0.05, 0.1) is 17.9 Å². The highest BCUT2D eigenvalue weighted by molar-refractivity contribution is 6.39. The quantitative estimate of drug-likeness (QED) is 0.303. The highest BCUT2D eigenvalue weighted by Gasteiger charge is 2.36. The monoisotopic (exact) mass is 488 g/mol. The van der Waals surface area contributed by atoms with Crippen molar-refractivity contribution < 1.29 is 33.0 Å². The fourth-order valence-electron chi connectivity index (χ4n) is 3.46. The number of barbiturate groups is 1. The lowest BCUT2D eigenvalue weighted by molar-refractivity contribution is -0.122. The van der Waals surface area contributed by atoms with Crippen molar-refractivity contribution in [2.45, 2.75) is 13.5 Å². The van der Waals surface area contributed by atoms with E-state index in [0.29, 0.717) is 16.9 Å². The van der Waals surface area contributed by atoms with Crippen LogP contribution in [0.25, 0.3) is 6.08 Å². The first kappa shape index (κ1) is 24.3. The number of amides is 4. The third-order valence-corrected chi connectivity index (χ3v) is 5.28. The van der Waals surface area contributed by atoms with Crippen LogP contribution in [0, 0.1) is 5.82 Å². The molecule has 4 rings (SSSR count). The van der Waals surface area contributed by atoms with E-state index in [-0.39, 0.29) is 35.9 Å². The van der Waals surface area contributed by atoms with Crippen LogP contribution in [0.5, 0.6) is 5.75 Å². The Bertz CT molecular complexity index is 1350. The Labute approximate surface area is 205 Å². The van der Waals surface area contributed by atoms with Crippen LogP contribution in [-0.2, 0) is 20.9 Å². The Morgan fingerprint density at radius 1 is 0.972 bits per heavy atom. The summed E-state index contributed by atoms with van der Waals surface area (Å²) in [6.45, 7) is 1.93. The van der Waals surface area contributed by atoms with Crippen LogP contribution in [-0.4, -0.2) is 30.4 Å². The predicted molar refractivity (Wildman–Crippen MR) is 129 cm³/mol. The van der Waals surface area contributed by atoms with Gasteiger partial charge in [-0.2, -0.15) is 0 Å². The van der Waals surface area contributed by atoms with Crippen LogP contribution in [0.15, 0.2) is 78.4 Å². The molecule has 0 spiro atoms. The van der Waals surface area contributed by atoms with Crippen molar-refractivity contribution in [2.24, 2.45) is 0 Å². The maximum atomic E-state index is 13.8. The summed E-state index contributed by atoms with van der Waals surface area (Å²) in [4.78, 5) is 50.5. The molecule has 0 aromatic heterocycles. The van der Waals surface area contributed by atoms with Crippen molar-refractivity contribution in [3.05, 3.63) is 101 Å². The lowest BCUT2D eigenvalue weighted by Crippen LogP contribution is -2.54.